The predicted molar refractivity (Wildman–Crippen MR) is 99.4 cm³/mol. The van der Waals surface area contributed by atoms with Crippen molar-refractivity contribution in [2.75, 3.05) is 19.0 Å². The van der Waals surface area contributed by atoms with E-state index >= 15 is 0 Å². The van der Waals surface area contributed by atoms with Gasteiger partial charge >= 0.3 is 0 Å². The van der Waals surface area contributed by atoms with Gasteiger partial charge < -0.3 is 4.90 Å². The van der Waals surface area contributed by atoms with Gasteiger partial charge in [0.15, 0.2) is 5.82 Å². The second kappa shape index (κ2) is 5.95. The van der Waals surface area contributed by atoms with Gasteiger partial charge in [0.25, 0.3) is 0 Å². The normalized spacial score (nSPS) is 11.1. The molecule has 0 fully saturated rings. The molecule has 0 aliphatic rings. The SMILES string of the molecule is CN(C)c1ccc(-c2nnc3sc(-c4cncc(Br)c4)nn23)cc1. The zero-order valence-electron chi connectivity index (χ0n) is 13.0. The summed E-state index contributed by atoms with van der Waals surface area (Å²) in [5, 5.41) is 14.0. The van der Waals surface area contributed by atoms with Gasteiger partial charge in [-0.25, -0.2) is 0 Å². The lowest BCUT2D eigenvalue weighted by molar-refractivity contribution is 0.969. The molecule has 120 valence electrons. The van der Waals surface area contributed by atoms with Crippen LogP contribution in [0.1, 0.15) is 0 Å². The Morgan fingerprint density at radius 3 is 2.54 bits per heavy atom. The van der Waals surface area contributed by atoms with E-state index in [1.807, 2.05) is 32.3 Å². The van der Waals surface area contributed by atoms with Gasteiger partial charge in [0, 0.05) is 47.8 Å². The highest BCUT2D eigenvalue weighted by atomic mass is 79.9. The van der Waals surface area contributed by atoms with Crippen molar-refractivity contribution in [3.8, 4) is 22.0 Å². The number of aromatic nitrogens is 5. The summed E-state index contributed by atoms with van der Waals surface area (Å²) in [5.41, 5.74) is 3.07. The summed E-state index contributed by atoms with van der Waals surface area (Å²) in [6.45, 7) is 0. The first kappa shape index (κ1) is 15.2. The van der Waals surface area contributed by atoms with Crippen molar-refractivity contribution in [2.24, 2.45) is 0 Å². The minimum atomic E-state index is 0.737. The molecule has 4 aromatic rings. The van der Waals surface area contributed by atoms with Crippen molar-refractivity contribution >= 4 is 37.9 Å². The molecule has 0 saturated heterocycles. The number of rotatable bonds is 3. The fourth-order valence-corrected chi connectivity index (χ4v) is 3.54. The molecule has 0 amide bonds. The molecule has 0 radical (unpaired) electrons. The van der Waals surface area contributed by atoms with Crippen LogP contribution in [-0.4, -0.2) is 38.9 Å². The van der Waals surface area contributed by atoms with E-state index in [4.69, 9.17) is 0 Å². The lowest BCUT2D eigenvalue weighted by Gasteiger charge is -2.11. The van der Waals surface area contributed by atoms with E-state index in [1.54, 1.807) is 16.9 Å². The monoisotopic (exact) mass is 400 g/mol. The van der Waals surface area contributed by atoms with Gasteiger partial charge in [0.1, 0.15) is 5.01 Å². The van der Waals surface area contributed by atoms with Crippen LogP contribution in [0.2, 0.25) is 0 Å². The summed E-state index contributed by atoms with van der Waals surface area (Å²) in [7, 11) is 4.03. The van der Waals surface area contributed by atoms with Crippen LogP contribution in [0.15, 0.2) is 47.2 Å². The highest BCUT2D eigenvalue weighted by Crippen LogP contribution is 2.29. The van der Waals surface area contributed by atoms with E-state index in [1.165, 1.54) is 11.3 Å². The Balaban J connectivity index is 1.77. The Bertz CT molecular complexity index is 1010. The Labute approximate surface area is 150 Å². The first-order chi connectivity index (χ1) is 11.6. The topological polar surface area (TPSA) is 59.2 Å². The Morgan fingerprint density at radius 1 is 1.04 bits per heavy atom. The maximum Gasteiger partial charge on any atom is 0.235 e. The molecule has 24 heavy (non-hydrogen) atoms. The number of hydrogen-bond donors (Lipinski definition) is 0. The maximum absolute atomic E-state index is 4.66. The van der Waals surface area contributed by atoms with Crippen LogP contribution in [0.5, 0.6) is 0 Å². The lowest BCUT2D eigenvalue weighted by Crippen LogP contribution is -2.08. The van der Waals surface area contributed by atoms with Crippen LogP contribution >= 0.6 is 27.3 Å². The molecule has 6 nitrogen and oxygen atoms in total. The van der Waals surface area contributed by atoms with Crippen LogP contribution in [0, 0.1) is 0 Å². The van der Waals surface area contributed by atoms with E-state index in [0.717, 1.165) is 37.1 Å². The van der Waals surface area contributed by atoms with Gasteiger partial charge in [-0.1, -0.05) is 11.3 Å². The molecule has 0 spiro atoms. The molecule has 4 rings (SSSR count). The summed E-state index contributed by atoms with van der Waals surface area (Å²) >= 11 is 4.93. The molecule has 0 saturated carbocycles. The van der Waals surface area contributed by atoms with Crippen molar-refractivity contribution in [3.05, 3.63) is 47.2 Å². The number of pyridine rings is 1. The standard InChI is InChI=1S/C16H13BrN6S/c1-22(2)13-5-3-10(4-6-13)14-19-20-16-23(14)21-15(24-16)11-7-12(17)9-18-8-11/h3-9H,1-2H3. The fraction of sp³-hybridized carbons (Fsp3) is 0.125. The molecule has 8 heteroatoms. The highest BCUT2D eigenvalue weighted by molar-refractivity contribution is 9.10. The number of nitrogens with zero attached hydrogens (tertiary/aromatic N) is 6. The molecule has 0 bridgehead atoms. The van der Waals surface area contributed by atoms with Gasteiger partial charge in [-0.3, -0.25) is 4.98 Å². The average Bonchev–Trinajstić information content (AvgIpc) is 3.15. The molecule has 0 aliphatic heterocycles. The molecule has 0 unspecified atom stereocenters. The first-order valence-corrected chi connectivity index (χ1v) is 8.84. The average molecular weight is 401 g/mol. The van der Waals surface area contributed by atoms with Crippen LogP contribution in [0.25, 0.3) is 26.9 Å². The minimum Gasteiger partial charge on any atom is -0.378 e. The van der Waals surface area contributed by atoms with Crippen molar-refractivity contribution in [1.29, 1.82) is 0 Å². The summed E-state index contributed by atoms with van der Waals surface area (Å²) in [5.74, 6) is 0.737. The number of hydrogen-bond acceptors (Lipinski definition) is 6. The molecule has 0 aliphatic carbocycles. The van der Waals surface area contributed by atoms with E-state index in [9.17, 15) is 0 Å². The summed E-state index contributed by atoms with van der Waals surface area (Å²) in [6, 6.07) is 10.2. The molecule has 0 N–H and O–H groups in total. The van der Waals surface area contributed by atoms with E-state index in [0.29, 0.717) is 0 Å². The summed E-state index contributed by atoms with van der Waals surface area (Å²) in [6.07, 6.45) is 3.55. The summed E-state index contributed by atoms with van der Waals surface area (Å²) < 4.78 is 2.71. The zero-order chi connectivity index (χ0) is 16.7. The third kappa shape index (κ3) is 2.67. The van der Waals surface area contributed by atoms with E-state index in [2.05, 4.69) is 53.2 Å². The summed E-state index contributed by atoms with van der Waals surface area (Å²) in [4.78, 5) is 7.01. The molecular formula is C16H13BrN6S. The Kier molecular flexibility index (Phi) is 3.78. The highest BCUT2D eigenvalue weighted by Gasteiger charge is 2.15. The molecule has 3 heterocycles. The Hall–Kier alpha value is -2.32. The van der Waals surface area contributed by atoms with Crippen molar-refractivity contribution in [1.82, 2.24) is 24.8 Å². The molecular weight excluding hydrogens is 388 g/mol. The Morgan fingerprint density at radius 2 is 1.83 bits per heavy atom. The number of fused-ring (bicyclic) bond motifs is 1. The number of halogens is 1. The van der Waals surface area contributed by atoms with Crippen molar-refractivity contribution in [2.45, 2.75) is 0 Å². The largest absolute Gasteiger partial charge is 0.378 e. The van der Waals surface area contributed by atoms with Crippen molar-refractivity contribution in [3.63, 3.8) is 0 Å². The number of anilines is 1. The van der Waals surface area contributed by atoms with Gasteiger partial charge in [-0.15, -0.1) is 10.2 Å². The van der Waals surface area contributed by atoms with Crippen LogP contribution in [-0.2, 0) is 0 Å². The smallest absolute Gasteiger partial charge is 0.235 e. The van der Waals surface area contributed by atoms with E-state index in [-0.39, 0.29) is 0 Å². The molecule has 1 aromatic carbocycles. The molecule has 0 atom stereocenters. The number of benzene rings is 1. The van der Waals surface area contributed by atoms with Crippen molar-refractivity contribution < 1.29 is 0 Å². The first-order valence-electron chi connectivity index (χ1n) is 7.23. The maximum atomic E-state index is 4.66. The quantitative estimate of drug-likeness (QED) is 0.524. The third-order valence-electron chi connectivity index (χ3n) is 3.58. The van der Waals surface area contributed by atoms with Crippen LogP contribution in [0.4, 0.5) is 5.69 Å². The second-order valence-electron chi connectivity index (χ2n) is 5.46. The van der Waals surface area contributed by atoms with Gasteiger partial charge in [0.05, 0.1) is 0 Å². The lowest BCUT2D eigenvalue weighted by atomic mass is 10.2. The van der Waals surface area contributed by atoms with Gasteiger partial charge in [0.2, 0.25) is 4.96 Å². The second-order valence-corrected chi connectivity index (χ2v) is 7.33. The van der Waals surface area contributed by atoms with Crippen LogP contribution in [0.3, 0.4) is 0 Å². The van der Waals surface area contributed by atoms with Crippen LogP contribution < -0.4 is 4.90 Å². The zero-order valence-corrected chi connectivity index (χ0v) is 15.4. The predicted octanol–water partition coefficient (Wildman–Crippen LogP) is 3.74. The minimum absolute atomic E-state index is 0.737. The van der Waals surface area contributed by atoms with E-state index < -0.39 is 0 Å². The molecule has 3 aromatic heterocycles. The fourth-order valence-electron chi connectivity index (χ4n) is 2.35. The van der Waals surface area contributed by atoms with Gasteiger partial charge in [-0.05, 0) is 46.3 Å². The third-order valence-corrected chi connectivity index (χ3v) is 4.97. The van der Waals surface area contributed by atoms with Gasteiger partial charge in [-0.2, -0.15) is 9.61 Å².